The molecule has 1 unspecified atom stereocenters. The van der Waals surface area contributed by atoms with Crippen molar-refractivity contribution in [3.05, 3.63) is 101 Å². The van der Waals surface area contributed by atoms with Crippen LogP contribution < -0.4 is 0 Å². The molecule has 3 aromatic carbocycles. The van der Waals surface area contributed by atoms with Gasteiger partial charge in [-0.05, 0) is 60.4 Å². The molecule has 0 radical (unpaired) electrons. The largest absolute Gasteiger partial charge is 0.384 e. The minimum atomic E-state index is -3.28. The normalized spacial score (nSPS) is 13.6. The zero-order valence-electron chi connectivity index (χ0n) is 19.4. The molecule has 0 spiro atoms. The number of imidazole rings is 1. The lowest BCUT2D eigenvalue weighted by Gasteiger charge is -2.18. The van der Waals surface area contributed by atoms with Gasteiger partial charge in [0.1, 0.15) is 11.4 Å². The SMILES string of the molecule is CCC(C)(O)c1cn(-c2ccc(-c3cccc(S(C)(=O)=O)c3)cc2)c(Cc2ccccc2Cl)n1. The van der Waals surface area contributed by atoms with Crippen LogP contribution in [0.4, 0.5) is 0 Å². The molecule has 0 bridgehead atoms. The van der Waals surface area contributed by atoms with E-state index in [1.807, 2.05) is 72.3 Å². The predicted molar refractivity (Wildman–Crippen MR) is 136 cm³/mol. The van der Waals surface area contributed by atoms with E-state index in [1.165, 1.54) is 6.26 Å². The minimum absolute atomic E-state index is 0.289. The van der Waals surface area contributed by atoms with Gasteiger partial charge in [0.15, 0.2) is 9.84 Å². The molecule has 1 heterocycles. The Morgan fingerprint density at radius 1 is 1.00 bits per heavy atom. The Morgan fingerprint density at radius 3 is 2.35 bits per heavy atom. The van der Waals surface area contributed by atoms with Gasteiger partial charge in [0, 0.05) is 29.6 Å². The number of hydrogen-bond acceptors (Lipinski definition) is 4. The van der Waals surface area contributed by atoms with Crippen LogP contribution in [0.1, 0.15) is 37.4 Å². The maximum absolute atomic E-state index is 11.9. The van der Waals surface area contributed by atoms with Gasteiger partial charge in [-0.25, -0.2) is 13.4 Å². The van der Waals surface area contributed by atoms with E-state index >= 15 is 0 Å². The average molecular weight is 495 g/mol. The maximum Gasteiger partial charge on any atom is 0.175 e. The van der Waals surface area contributed by atoms with Crippen molar-refractivity contribution in [3.63, 3.8) is 0 Å². The van der Waals surface area contributed by atoms with Crippen LogP contribution in [0.3, 0.4) is 0 Å². The standard InChI is InChI=1S/C27H27ClN2O3S/c1-4-27(2,31)25-18-30(26(29-25)17-21-8-5-6-11-24(21)28)22-14-12-19(13-15-22)20-9-7-10-23(16-20)34(3,32)33/h5-16,18,31H,4,17H2,1-3H3. The summed E-state index contributed by atoms with van der Waals surface area (Å²) in [6.07, 6.45) is 4.12. The zero-order valence-corrected chi connectivity index (χ0v) is 20.9. The van der Waals surface area contributed by atoms with Crippen molar-refractivity contribution < 1.29 is 13.5 Å². The minimum Gasteiger partial charge on any atom is -0.384 e. The smallest absolute Gasteiger partial charge is 0.175 e. The summed E-state index contributed by atoms with van der Waals surface area (Å²) in [5.41, 5.74) is 3.12. The number of nitrogens with zero attached hydrogens (tertiary/aromatic N) is 2. The van der Waals surface area contributed by atoms with E-state index in [0.717, 1.165) is 28.2 Å². The molecule has 0 saturated heterocycles. The summed E-state index contributed by atoms with van der Waals surface area (Å²) in [6, 6.07) is 22.4. The van der Waals surface area contributed by atoms with Crippen molar-refractivity contribution in [2.24, 2.45) is 0 Å². The molecule has 4 rings (SSSR count). The molecule has 4 aromatic rings. The lowest BCUT2D eigenvalue weighted by Crippen LogP contribution is -2.20. The lowest BCUT2D eigenvalue weighted by atomic mass is 10.0. The van der Waals surface area contributed by atoms with Gasteiger partial charge in [-0.3, -0.25) is 0 Å². The van der Waals surface area contributed by atoms with Crippen LogP contribution in [0.15, 0.2) is 83.9 Å². The van der Waals surface area contributed by atoms with Crippen molar-refractivity contribution in [1.29, 1.82) is 0 Å². The van der Waals surface area contributed by atoms with E-state index in [4.69, 9.17) is 16.6 Å². The Kier molecular flexibility index (Phi) is 6.67. The molecule has 0 fully saturated rings. The summed E-state index contributed by atoms with van der Waals surface area (Å²) >= 11 is 6.40. The lowest BCUT2D eigenvalue weighted by molar-refractivity contribution is 0.0488. The van der Waals surface area contributed by atoms with Gasteiger partial charge in [-0.1, -0.05) is 61.0 Å². The van der Waals surface area contributed by atoms with Crippen molar-refractivity contribution in [2.45, 2.75) is 37.2 Å². The first-order chi connectivity index (χ1) is 16.1. The van der Waals surface area contributed by atoms with E-state index in [0.29, 0.717) is 23.6 Å². The Morgan fingerprint density at radius 2 is 1.71 bits per heavy atom. The van der Waals surface area contributed by atoms with E-state index in [9.17, 15) is 13.5 Å². The molecule has 0 amide bonds. The van der Waals surface area contributed by atoms with Gasteiger partial charge in [-0.2, -0.15) is 0 Å². The second kappa shape index (κ2) is 9.37. The molecular formula is C27H27ClN2O3S. The third-order valence-corrected chi connectivity index (χ3v) is 7.55. The number of aliphatic hydroxyl groups is 1. The molecule has 0 aliphatic carbocycles. The fourth-order valence-corrected chi connectivity index (χ4v) is 4.61. The maximum atomic E-state index is 11.9. The first kappa shape index (κ1) is 24.2. The summed E-state index contributed by atoms with van der Waals surface area (Å²) in [7, 11) is -3.28. The Hall–Kier alpha value is -2.93. The molecule has 34 heavy (non-hydrogen) atoms. The number of hydrogen-bond donors (Lipinski definition) is 1. The van der Waals surface area contributed by atoms with E-state index in [2.05, 4.69) is 0 Å². The summed E-state index contributed by atoms with van der Waals surface area (Å²) in [5.74, 6) is 0.767. The van der Waals surface area contributed by atoms with Gasteiger partial charge in [0.2, 0.25) is 0 Å². The third-order valence-electron chi connectivity index (χ3n) is 6.07. The zero-order chi connectivity index (χ0) is 24.5. The van der Waals surface area contributed by atoms with Gasteiger partial charge in [0.05, 0.1) is 10.6 Å². The van der Waals surface area contributed by atoms with Crippen LogP contribution in [0.25, 0.3) is 16.8 Å². The quantitative estimate of drug-likeness (QED) is 0.352. The van der Waals surface area contributed by atoms with E-state index < -0.39 is 15.4 Å². The van der Waals surface area contributed by atoms with Crippen molar-refractivity contribution in [1.82, 2.24) is 9.55 Å². The van der Waals surface area contributed by atoms with Crippen molar-refractivity contribution >= 4 is 21.4 Å². The second-order valence-corrected chi connectivity index (χ2v) is 11.1. The molecule has 7 heteroatoms. The topological polar surface area (TPSA) is 72.2 Å². The monoisotopic (exact) mass is 494 g/mol. The fourth-order valence-electron chi connectivity index (χ4n) is 3.74. The molecule has 0 aliphatic heterocycles. The average Bonchev–Trinajstić information content (AvgIpc) is 3.25. The molecular weight excluding hydrogens is 468 g/mol. The van der Waals surface area contributed by atoms with E-state index in [-0.39, 0.29) is 4.90 Å². The Labute approximate surface area is 205 Å². The number of benzene rings is 3. The first-order valence-electron chi connectivity index (χ1n) is 11.0. The van der Waals surface area contributed by atoms with E-state index in [1.54, 1.807) is 25.1 Å². The van der Waals surface area contributed by atoms with Crippen molar-refractivity contribution in [2.75, 3.05) is 6.26 Å². The number of rotatable bonds is 7. The van der Waals surface area contributed by atoms with Crippen LogP contribution >= 0.6 is 11.6 Å². The fraction of sp³-hybridized carbons (Fsp3) is 0.222. The Bertz CT molecular complexity index is 1420. The van der Waals surface area contributed by atoms with Crippen LogP contribution in [-0.4, -0.2) is 29.3 Å². The molecule has 5 nitrogen and oxygen atoms in total. The summed E-state index contributed by atoms with van der Waals surface area (Å²) < 4.78 is 25.8. The molecule has 1 N–H and O–H groups in total. The van der Waals surface area contributed by atoms with Gasteiger partial charge >= 0.3 is 0 Å². The van der Waals surface area contributed by atoms with Gasteiger partial charge in [-0.15, -0.1) is 0 Å². The van der Waals surface area contributed by atoms with Crippen LogP contribution in [0.5, 0.6) is 0 Å². The molecule has 176 valence electrons. The summed E-state index contributed by atoms with van der Waals surface area (Å²) in [5, 5.41) is 11.5. The van der Waals surface area contributed by atoms with Crippen LogP contribution in [0, 0.1) is 0 Å². The predicted octanol–water partition coefficient (Wildman–Crippen LogP) is 5.80. The number of aromatic nitrogens is 2. The first-order valence-corrected chi connectivity index (χ1v) is 13.3. The van der Waals surface area contributed by atoms with Crippen molar-refractivity contribution in [3.8, 4) is 16.8 Å². The molecule has 0 aliphatic rings. The highest BCUT2D eigenvalue weighted by atomic mass is 35.5. The number of sulfone groups is 1. The van der Waals surface area contributed by atoms with Gasteiger partial charge < -0.3 is 9.67 Å². The van der Waals surface area contributed by atoms with Gasteiger partial charge in [0.25, 0.3) is 0 Å². The highest BCUT2D eigenvalue weighted by Gasteiger charge is 2.26. The third kappa shape index (κ3) is 5.09. The molecule has 1 aromatic heterocycles. The summed E-state index contributed by atoms with van der Waals surface area (Å²) in [6.45, 7) is 3.68. The Balaban J connectivity index is 1.74. The number of halogens is 1. The summed E-state index contributed by atoms with van der Waals surface area (Å²) in [4.78, 5) is 5.06. The second-order valence-electron chi connectivity index (χ2n) is 8.65. The highest BCUT2D eigenvalue weighted by molar-refractivity contribution is 7.90. The molecule has 0 saturated carbocycles. The van der Waals surface area contributed by atoms with Crippen LogP contribution in [-0.2, 0) is 21.9 Å². The molecule has 1 atom stereocenters. The highest BCUT2D eigenvalue weighted by Crippen LogP contribution is 2.29. The van der Waals surface area contributed by atoms with Crippen LogP contribution in [0.2, 0.25) is 5.02 Å².